The van der Waals surface area contributed by atoms with Crippen LogP contribution in [-0.2, 0) is 9.53 Å². The molecule has 0 radical (unpaired) electrons. The van der Waals surface area contributed by atoms with Crippen molar-refractivity contribution >= 4 is 12.1 Å². The van der Waals surface area contributed by atoms with Crippen LogP contribution in [0.5, 0.6) is 5.75 Å². The Hall–Kier alpha value is -3.87. The molecule has 0 saturated heterocycles. The number of nitrogens with one attached hydrogen (secondary N) is 1. The fourth-order valence-electron chi connectivity index (χ4n) is 3.89. The van der Waals surface area contributed by atoms with Crippen LogP contribution >= 0.6 is 0 Å². The van der Waals surface area contributed by atoms with Crippen molar-refractivity contribution in [2.45, 2.75) is 18.4 Å². The minimum Gasteiger partial charge on any atom is -0.490 e. The van der Waals surface area contributed by atoms with Crippen molar-refractivity contribution in [1.82, 2.24) is 5.32 Å². The van der Waals surface area contributed by atoms with Crippen LogP contribution in [0.1, 0.15) is 23.5 Å². The SMILES string of the molecule is O=C(N[C@@H](CCOc1ccccc1F)C(=O)O)OCC1c2ccccc2-c2ccccc21. The second-order valence-corrected chi connectivity index (χ2v) is 7.43. The maximum atomic E-state index is 13.6. The molecule has 4 rings (SSSR count). The number of hydrogen-bond donors (Lipinski definition) is 2. The van der Waals surface area contributed by atoms with Crippen molar-refractivity contribution in [3.8, 4) is 16.9 Å². The van der Waals surface area contributed by atoms with Gasteiger partial charge in [-0.05, 0) is 34.4 Å². The average Bonchev–Trinajstić information content (AvgIpc) is 3.12. The number of hydrogen-bond acceptors (Lipinski definition) is 4. The molecule has 0 aliphatic heterocycles. The summed E-state index contributed by atoms with van der Waals surface area (Å²) in [5, 5.41) is 11.8. The summed E-state index contributed by atoms with van der Waals surface area (Å²) in [6.45, 7) is -0.000515. The van der Waals surface area contributed by atoms with Crippen molar-refractivity contribution in [3.05, 3.63) is 89.7 Å². The third kappa shape index (κ3) is 4.56. The second kappa shape index (κ2) is 9.51. The molecular formula is C25H22FNO5. The third-order valence-corrected chi connectivity index (χ3v) is 5.43. The minimum atomic E-state index is -1.23. The summed E-state index contributed by atoms with van der Waals surface area (Å²) in [6, 6.07) is 20.5. The van der Waals surface area contributed by atoms with E-state index in [1.807, 2.05) is 48.5 Å². The van der Waals surface area contributed by atoms with E-state index in [2.05, 4.69) is 5.32 Å². The second-order valence-electron chi connectivity index (χ2n) is 7.43. The van der Waals surface area contributed by atoms with Gasteiger partial charge in [-0.25, -0.2) is 14.0 Å². The molecule has 0 spiro atoms. The van der Waals surface area contributed by atoms with Crippen LogP contribution in [0.3, 0.4) is 0 Å². The number of carbonyl (C=O) groups is 2. The minimum absolute atomic E-state index is 0.0257. The molecule has 1 aliphatic rings. The molecule has 3 aromatic rings. The predicted octanol–water partition coefficient (Wildman–Crippen LogP) is 4.59. The lowest BCUT2D eigenvalue weighted by atomic mass is 9.98. The van der Waals surface area contributed by atoms with Crippen LogP contribution in [0, 0.1) is 5.82 Å². The zero-order valence-electron chi connectivity index (χ0n) is 17.2. The Morgan fingerprint density at radius 2 is 1.53 bits per heavy atom. The Balaban J connectivity index is 1.34. The van der Waals surface area contributed by atoms with Crippen molar-refractivity contribution in [2.75, 3.05) is 13.2 Å². The lowest BCUT2D eigenvalue weighted by molar-refractivity contribution is -0.139. The molecule has 2 N–H and O–H groups in total. The lowest BCUT2D eigenvalue weighted by Crippen LogP contribution is -2.42. The summed E-state index contributed by atoms with van der Waals surface area (Å²) in [6.07, 6.45) is -0.876. The standard InChI is InChI=1S/C25H22FNO5/c26-21-11-5-6-12-23(21)31-14-13-22(24(28)29)27-25(30)32-15-20-18-9-3-1-7-16(18)17-8-2-4-10-19(17)20/h1-12,20,22H,13-15H2,(H,27,30)(H,28,29)/t22-/m0/s1. The van der Waals surface area contributed by atoms with Gasteiger partial charge in [-0.1, -0.05) is 60.7 Å². The van der Waals surface area contributed by atoms with E-state index in [1.54, 1.807) is 6.07 Å². The normalized spacial score (nSPS) is 13.0. The number of amides is 1. The van der Waals surface area contributed by atoms with Gasteiger partial charge in [0.2, 0.25) is 0 Å². The maximum absolute atomic E-state index is 13.6. The van der Waals surface area contributed by atoms with Crippen molar-refractivity contribution in [2.24, 2.45) is 0 Å². The molecule has 6 nitrogen and oxygen atoms in total. The van der Waals surface area contributed by atoms with Gasteiger partial charge in [-0.3, -0.25) is 0 Å². The zero-order chi connectivity index (χ0) is 22.5. The number of aliphatic carboxylic acids is 1. The molecule has 0 saturated carbocycles. The fourth-order valence-corrected chi connectivity index (χ4v) is 3.89. The summed E-state index contributed by atoms with van der Waals surface area (Å²) < 4.78 is 24.3. The quantitative estimate of drug-likeness (QED) is 0.541. The van der Waals surface area contributed by atoms with Crippen molar-refractivity contribution < 1.29 is 28.6 Å². The summed E-state index contributed by atoms with van der Waals surface area (Å²) in [7, 11) is 0. The van der Waals surface area contributed by atoms with Gasteiger partial charge in [-0.2, -0.15) is 0 Å². The number of para-hydroxylation sites is 1. The zero-order valence-corrected chi connectivity index (χ0v) is 17.2. The largest absolute Gasteiger partial charge is 0.490 e. The molecule has 1 atom stereocenters. The molecule has 0 aromatic heterocycles. The van der Waals surface area contributed by atoms with Gasteiger partial charge >= 0.3 is 12.1 Å². The Kier molecular flexibility index (Phi) is 6.35. The number of rotatable bonds is 8. The highest BCUT2D eigenvalue weighted by Crippen LogP contribution is 2.44. The van der Waals surface area contributed by atoms with Crippen LogP contribution in [-0.4, -0.2) is 36.4 Å². The van der Waals surface area contributed by atoms with Gasteiger partial charge in [0.15, 0.2) is 11.6 Å². The summed E-state index contributed by atoms with van der Waals surface area (Å²) in [5.41, 5.74) is 4.33. The number of alkyl carbamates (subject to hydrolysis) is 1. The van der Waals surface area contributed by atoms with Crippen LogP contribution in [0.4, 0.5) is 9.18 Å². The van der Waals surface area contributed by atoms with E-state index in [-0.39, 0.29) is 31.3 Å². The Morgan fingerprint density at radius 3 is 2.16 bits per heavy atom. The van der Waals surface area contributed by atoms with Gasteiger partial charge in [0, 0.05) is 12.3 Å². The molecule has 164 valence electrons. The first kappa shape index (κ1) is 21.4. The highest BCUT2D eigenvalue weighted by Gasteiger charge is 2.29. The van der Waals surface area contributed by atoms with Gasteiger partial charge in [-0.15, -0.1) is 0 Å². The van der Waals surface area contributed by atoms with Crippen molar-refractivity contribution in [1.29, 1.82) is 0 Å². The first-order valence-corrected chi connectivity index (χ1v) is 10.3. The van der Waals surface area contributed by atoms with Gasteiger partial charge in [0.25, 0.3) is 0 Å². The Morgan fingerprint density at radius 1 is 0.938 bits per heavy atom. The number of fused-ring (bicyclic) bond motifs is 3. The molecule has 0 heterocycles. The predicted molar refractivity (Wildman–Crippen MR) is 116 cm³/mol. The number of carbonyl (C=O) groups excluding carboxylic acids is 1. The lowest BCUT2D eigenvalue weighted by Gasteiger charge is -2.17. The highest BCUT2D eigenvalue weighted by molar-refractivity contribution is 5.81. The topological polar surface area (TPSA) is 84.9 Å². The van der Waals surface area contributed by atoms with Gasteiger partial charge in [0.1, 0.15) is 12.6 Å². The van der Waals surface area contributed by atoms with Crippen LogP contribution in [0.25, 0.3) is 11.1 Å². The molecule has 0 bridgehead atoms. The van der Waals surface area contributed by atoms with E-state index in [4.69, 9.17) is 9.47 Å². The number of carboxylic acid groups (broad SMARTS) is 1. The summed E-state index contributed by atoms with van der Waals surface area (Å²) in [4.78, 5) is 23.9. The molecule has 0 unspecified atom stereocenters. The van der Waals surface area contributed by atoms with Gasteiger partial charge in [0.05, 0.1) is 6.61 Å². The van der Waals surface area contributed by atoms with Crippen LogP contribution < -0.4 is 10.1 Å². The summed E-state index contributed by atoms with van der Waals surface area (Å²) in [5.74, 6) is -1.86. The highest BCUT2D eigenvalue weighted by atomic mass is 19.1. The van der Waals surface area contributed by atoms with Crippen molar-refractivity contribution in [3.63, 3.8) is 0 Å². The van der Waals surface area contributed by atoms with Gasteiger partial charge < -0.3 is 19.9 Å². The molecule has 1 aliphatic carbocycles. The Labute approximate surface area is 184 Å². The molecular weight excluding hydrogens is 413 g/mol. The molecule has 0 fully saturated rings. The van der Waals surface area contributed by atoms with E-state index in [9.17, 15) is 19.1 Å². The van der Waals surface area contributed by atoms with Crippen LogP contribution in [0.2, 0.25) is 0 Å². The monoisotopic (exact) mass is 435 g/mol. The van der Waals surface area contributed by atoms with E-state index < -0.39 is 23.9 Å². The average molecular weight is 435 g/mol. The smallest absolute Gasteiger partial charge is 0.407 e. The first-order chi connectivity index (χ1) is 15.5. The van der Waals surface area contributed by atoms with E-state index in [0.717, 1.165) is 22.3 Å². The number of ether oxygens (including phenoxy) is 2. The third-order valence-electron chi connectivity index (χ3n) is 5.43. The van der Waals surface area contributed by atoms with E-state index >= 15 is 0 Å². The fraction of sp³-hybridized carbons (Fsp3) is 0.200. The molecule has 3 aromatic carbocycles. The Bertz CT molecular complexity index is 1090. The molecule has 32 heavy (non-hydrogen) atoms. The number of benzene rings is 3. The first-order valence-electron chi connectivity index (χ1n) is 10.3. The maximum Gasteiger partial charge on any atom is 0.407 e. The number of halogens is 1. The summed E-state index contributed by atoms with van der Waals surface area (Å²) >= 11 is 0. The van der Waals surface area contributed by atoms with Crippen LogP contribution in [0.15, 0.2) is 72.8 Å². The molecule has 1 amide bonds. The number of carboxylic acids is 1. The van der Waals surface area contributed by atoms with E-state index in [0.29, 0.717) is 0 Å². The molecule has 7 heteroatoms. The van der Waals surface area contributed by atoms with E-state index in [1.165, 1.54) is 18.2 Å².